The first kappa shape index (κ1) is 15.4. The second-order valence-electron chi connectivity index (χ2n) is 6.39. The molecule has 1 unspecified atom stereocenters. The number of anilines is 2. The molecule has 0 spiro atoms. The predicted molar refractivity (Wildman–Crippen MR) is 94.6 cm³/mol. The van der Waals surface area contributed by atoms with Crippen molar-refractivity contribution >= 4 is 29.5 Å². The zero-order valence-corrected chi connectivity index (χ0v) is 13.5. The van der Waals surface area contributed by atoms with E-state index in [0.29, 0.717) is 19.5 Å². The van der Waals surface area contributed by atoms with Crippen LogP contribution in [0.5, 0.6) is 0 Å². The molecular formula is C18H18N4O3. The third-order valence-corrected chi connectivity index (χ3v) is 4.68. The smallest absolute Gasteiger partial charge is 0.310 e. The Morgan fingerprint density at radius 1 is 1.24 bits per heavy atom. The monoisotopic (exact) mass is 338 g/mol. The average Bonchev–Trinajstić information content (AvgIpc) is 3.02. The maximum Gasteiger partial charge on any atom is 0.310 e. The highest BCUT2D eigenvalue weighted by Crippen LogP contribution is 2.26. The fraction of sp³-hybridized carbons (Fsp3) is 0.278. The van der Waals surface area contributed by atoms with E-state index in [-0.39, 0.29) is 17.9 Å². The number of aliphatic carboxylic acids is 1. The number of nitrogens with one attached hydrogen (secondary N) is 2. The number of amides is 1. The number of benzene rings is 1. The van der Waals surface area contributed by atoms with Gasteiger partial charge in [0.25, 0.3) is 0 Å². The van der Waals surface area contributed by atoms with Crippen molar-refractivity contribution < 1.29 is 14.7 Å². The molecule has 25 heavy (non-hydrogen) atoms. The minimum Gasteiger partial charge on any atom is -0.481 e. The Morgan fingerprint density at radius 3 is 2.72 bits per heavy atom. The lowest BCUT2D eigenvalue weighted by Crippen LogP contribution is -2.50. The Morgan fingerprint density at radius 2 is 2.00 bits per heavy atom. The molecule has 4 rings (SSSR count). The van der Waals surface area contributed by atoms with Gasteiger partial charge in [-0.05, 0) is 30.7 Å². The summed E-state index contributed by atoms with van der Waals surface area (Å²) in [5.41, 5.74) is 3.60. The van der Waals surface area contributed by atoms with E-state index in [2.05, 4.69) is 15.6 Å². The van der Waals surface area contributed by atoms with E-state index in [1.54, 1.807) is 12.4 Å². The molecule has 1 aromatic carbocycles. The Kier molecular flexibility index (Phi) is 3.76. The summed E-state index contributed by atoms with van der Waals surface area (Å²) >= 11 is 0. The molecular weight excluding hydrogens is 320 g/mol. The lowest BCUT2D eigenvalue weighted by atomic mass is 9.99. The molecule has 1 fully saturated rings. The second kappa shape index (κ2) is 6.08. The van der Waals surface area contributed by atoms with Crippen LogP contribution in [0.1, 0.15) is 6.42 Å². The largest absolute Gasteiger partial charge is 0.481 e. The zero-order chi connectivity index (χ0) is 17.4. The summed E-state index contributed by atoms with van der Waals surface area (Å²) in [5.74, 6) is -1.13. The Labute approximate surface area is 144 Å². The molecule has 1 saturated heterocycles. The quantitative estimate of drug-likeness (QED) is 0.771. The Balaban J connectivity index is 1.34. The molecule has 0 aliphatic carbocycles. The van der Waals surface area contributed by atoms with E-state index >= 15 is 0 Å². The summed E-state index contributed by atoms with van der Waals surface area (Å²) in [6, 6.07) is 7.15. The van der Waals surface area contributed by atoms with Gasteiger partial charge in [-0.3, -0.25) is 14.6 Å². The minimum absolute atomic E-state index is 0.0919. The number of aliphatic imine (C=N–C) groups is 1. The molecule has 0 bridgehead atoms. The number of allylic oxidation sites excluding steroid dienone is 1. The summed E-state index contributed by atoms with van der Waals surface area (Å²) in [4.78, 5) is 29.3. The van der Waals surface area contributed by atoms with E-state index < -0.39 is 5.97 Å². The van der Waals surface area contributed by atoms with Crippen LogP contribution in [0.25, 0.3) is 0 Å². The van der Waals surface area contributed by atoms with Crippen LogP contribution in [-0.2, 0) is 9.59 Å². The molecule has 1 atom stereocenters. The summed E-state index contributed by atoms with van der Waals surface area (Å²) in [6.07, 6.45) is 6.12. The normalized spacial score (nSPS) is 21.6. The van der Waals surface area contributed by atoms with Crippen LogP contribution in [0.4, 0.5) is 11.4 Å². The summed E-state index contributed by atoms with van der Waals surface area (Å²) in [6.45, 7) is 1.05. The number of carbonyl (C=O) groups is 2. The van der Waals surface area contributed by atoms with Crippen molar-refractivity contribution in [2.75, 3.05) is 23.3 Å². The number of hydrogen-bond acceptors (Lipinski definition) is 5. The zero-order valence-electron chi connectivity index (χ0n) is 13.5. The van der Waals surface area contributed by atoms with Crippen LogP contribution in [0.2, 0.25) is 0 Å². The van der Waals surface area contributed by atoms with Crippen LogP contribution >= 0.6 is 0 Å². The van der Waals surface area contributed by atoms with Gasteiger partial charge in [0.05, 0.1) is 17.8 Å². The minimum atomic E-state index is -0.750. The molecule has 3 aliphatic rings. The first-order valence-corrected chi connectivity index (χ1v) is 8.19. The number of carbonyl (C=O) groups excluding carboxylic acids is 1. The van der Waals surface area contributed by atoms with Gasteiger partial charge in [-0.15, -0.1) is 0 Å². The number of carboxylic acid groups (broad SMARTS) is 1. The molecule has 1 aromatic rings. The van der Waals surface area contributed by atoms with Gasteiger partial charge in [0.2, 0.25) is 5.91 Å². The molecule has 3 aliphatic heterocycles. The molecule has 0 saturated carbocycles. The van der Waals surface area contributed by atoms with Gasteiger partial charge in [-0.1, -0.05) is 6.08 Å². The molecule has 3 heterocycles. The van der Waals surface area contributed by atoms with Crippen molar-refractivity contribution in [3.05, 3.63) is 47.8 Å². The van der Waals surface area contributed by atoms with Gasteiger partial charge >= 0.3 is 5.97 Å². The van der Waals surface area contributed by atoms with E-state index in [1.807, 2.05) is 35.2 Å². The van der Waals surface area contributed by atoms with Crippen LogP contribution in [0, 0.1) is 5.92 Å². The van der Waals surface area contributed by atoms with Gasteiger partial charge in [0, 0.05) is 36.3 Å². The van der Waals surface area contributed by atoms with Crippen molar-refractivity contribution in [3.8, 4) is 0 Å². The second-order valence-corrected chi connectivity index (χ2v) is 6.39. The molecule has 128 valence electrons. The average molecular weight is 338 g/mol. The van der Waals surface area contributed by atoms with Gasteiger partial charge in [0.15, 0.2) is 0 Å². The number of nitrogens with zero attached hydrogens (tertiary/aromatic N) is 2. The van der Waals surface area contributed by atoms with Crippen molar-refractivity contribution in [2.24, 2.45) is 10.9 Å². The van der Waals surface area contributed by atoms with Crippen LogP contribution in [-0.4, -0.2) is 42.3 Å². The van der Waals surface area contributed by atoms with Gasteiger partial charge < -0.3 is 20.6 Å². The lowest BCUT2D eigenvalue weighted by Gasteiger charge is -2.38. The summed E-state index contributed by atoms with van der Waals surface area (Å²) in [5, 5.41) is 15.0. The van der Waals surface area contributed by atoms with Gasteiger partial charge in [0.1, 0.15) is 6.04 Å². The van der Waals surface area contributed by atoms with E-state index in [1.165, 1.54) is 0 Å². The highest BCUT2D eigenvalue weighted by atomic mass is 16.4. The van der Waals surface area contributed by atoms with E-state index in [4.69, 9.17) is 5.11 Å². The molecule has 3 N–H and O–H groups in total. The molecule has 1 amide bonds. The van der Waals surface area contributed by atoms with Crippen molar-refractivity contribution in [3.63, 3.8) is 0 Å². The number of rotatable bonds is 4. The van der Waals surface area contributed by atoms with Gasteiger partial charge in [-0.2, -0.15) is 0 Å². The van der Waals surface area contributed by atoms with E-state index in [0.717, 1.165) is 22.6 Å². The number of hydrogen-bond donors (Lipinski definition) is 3. The lowest BCUT2D eigenvalue weighted by molar-refractivity contribution is -0.142. The molecule has 7 nitrogen and oxygen atoms in total. The maximum absolute atomic E-state index is 12.4. The standard InChI is InChI=1S/C18H18N4O3/c23-17(15-6-1-11-7-19-8-16(11)21-15)20-13-2-4-14(5-3-13)22-9-12(10-22)18(24)25/h1-5,7-8,12,15,21H,6,9-10H2,(H,20,23)(H,24,25). The third kappa shape index (κ3) is 3.00. The number of fused-ring (bicyclic) bond motifs is 1. The maximum atomic E-state index is 12.4. The molecule has 7 heteroatoms. The first-order chi connectivity index (χ1) is 12.1. The Hall–Kier alpha value is -3.09. The summed E-state index contributed by atoms with van der Waals surface area (Å²) < 4.78 is 0. The fourth-order valence-electron chi connectivity index (χ4n) is 3.11. The van der Waals surface area contributed by atoms with Gasteiger partial charge in [-0.25, -0.2) is 0 Å². The van der Waals surface area contributed by atoms with Crippen molar-refractivity contribution in [1.82, 2.24) is 5.32 Å². The summed E-state index contributed by atoms with van der Waals surface area (Å²) in [7, 11) is 0. The number of carboxylic acids is 1. The van der Waals surface area contributed by atoms with Crippen molar-refractivity contribution in [1.29, 1.82) is 0 Å². The predicted octanol–water partition coefficient (Wildman–Crippen LogP) is 1.36. The molecule has 0 aromatic heterocycles. The van der Waals surface area contributed by atoms with Crippen LogP contribution in [0.3, 0.4) is 0 Å². The highest BCUT2D eigenvalue weighted by molar-refractivity contribution is 5.97. The van der Waals surface area contributed by atoms with Crippen LogP contribution < -0.4 is 15.5 Å². The van der Waals surface area contributed by atoms with E-state index in [9.17, 15) is 9.59 Å². The van der Waals surface area contributed by atoms with Crippen molar-refractivity contribution in [2.45, 2.75) is 12.5 Å². The molecule has 0 radical (unpaired) electrons. The third-order valence-electron chi connectivity index (χ3n) is 4.68. The SMILES string of the molecule is O=C(O)C1CN(c2ccc(NC(=O)C3CC=C4C=NC=C4N3)cc2)C1. The first-order valence-electron chi connectivity index (χ1n) is 8.19. The fourth-order valence-corrected chi connectivity index (χ4v) is 3.11. The Bertz CT molecular complexity index is 804. The van der Waals surface area contributed by atoms with Crippen LogP contribution in [0.15, 0.2) is 52.8 Å². The topological polar surface area (TPSA) is 94.0 Å². The highest BCUT2D eigenvalue weighted by Gasteiger charge is 2.32.